The molecule has 5 nitrogen and oxygen atoms in total. The summed E-state index contributed by atoms with van der Waals surface area (Å²) in [4.78, 5) is 21.9. The average molecular weight is 384 g/mol. The van der Waals surface area contributed by atoms with Crippen LogP contribution in [-0.2, 0) is 9.53 Å². The summed E-state index contributed by atoms with van der Waals surface area (Å²) < 4.78 is 5.82. The number of hydrogen-bond donors (Lipinski definition) is 0. The number of aryl methyl sites for hydroxylation is 1. The number of pyridine rings is 1. The first-order valence-electron chi connectivity index (χ1n) is 11.2. The van der Waals surface area contributed by atoms with Crippen LogP contribution in [0.4, 0.5) is 5.69 Å². The van der Waals surface area contributed by atoms with Gasteiger partial charge in [-0.2, -0.15) is 0 Å². The Labute approximate surface area is 168 Å². The number of carbonyl (C=O) groups excluding carboxylic acids is 1. The first-order valence-corrected chi connectivity index (χ1v) is 11.2. The molecule has 4 heterocycles. The maximum Gasteiger partial charge on any atom is 0.312 e. The van der Waals surface area contributed by atoms with Gasteiger partial charge in [-0.1, -0.05) is 19.3 Å². The van der Waals surface area contributed by atoms with Crippen molar-refractivity contribution in [2.45, 2.75) is 58.0 Å². The molecule has 3 saturated heterocycles. The monoisotopic (exact) mass is 383 g/mol. The Morgan fingerprint density at radius 2 is 1.89 bits per heavy atom. The number of fused-ring (bicyclic) bond motifs is 1. The topological polar surface area (TPSA) is 45.7 Å². The lowest BCUT2D eigenvalue weighted by Crippen LogP contribution is -2.31. The third kappa shape index (κ3) is 3.32. The minimum Gasteiger partial charge on any atom is -0.462 e. The molecule has 152 valence electrons. The zero-order valence-electron chi connectivity index (χ0n) is 17.1. The Balaban J connectivity index is 1.11. The highest BCUT2D eigenvalue weighted by atomic mass is 16.6. The van der Waals surface area contributed by atoms with Gasteiger partial charge in [0, 0.05) is 57.2 Å². The zero-order valence-corrected chi connectivity index (χ0v) is 17.1. The quantitative estimate of drug-likeness (QED) is 0.746. The number of nitrogens with zero attached hydrogens (tertiary/aromatic N) is 3. The van der Waals surface area contributed by atoms with Crippen LogP contribution in [0, 0.1) is 24.2 Å². The molecular formula is C23H33N3O2. The van der Waals surface area contributed by atoms with Crippen molar-refractivity contribution >= 4 is 11.7 Å². The number of anilines is 1. The molecule has 0 aromatic carbocycles. The summed E-state index contributed by atoms with van der Waals surface area (Å²) in [6.45, 7) is 7.94. The number of esters is 1. The summed E-state index contributed by atoms with van der Waals surface area (Å²) in [6.07, 6.45) is 11.8. The van der Waals surface area contributed by atoms with E-state index in [1.54, 1.807) is 0 Å². The standard InChI is InChI=1S/C23H33N3O2/c1-17-12-24-9-5-21(17)26-15-18-13-25(14-19(18)16-26)10-6-20-11-23(22(27)28-20)7-3-2-4-8-23/h5,9,12,18-20H,2-4,6-8,10-11,13-16H2,1H3/t18?,19?,20-/m1/s1. The van der Waals surface area contributed by atoms with Gasteiger partial charge in [-0.3, -0.25) is 9.78 Å². The van der Waals surface area contributed by atoms with E-state index in [4.69, 9.17) is 4.74 Å². The van der Waals surface area contributed by atoms with E-state index in [0.717, 1.165) is 57.2 Å². The summed E-state index contributed by atoms with van der Waals surface area (Å²) >= 11 is 0. The van der Waals surface area contributed by atoms with Gasteiger partial charge in [0.15, 0.2) is 0 Å². The Morgan fingerprint density at radius 3 is 2.61 bits per heavy atom. The Hall–Kier alpha value is -1.62. The molecule has 1 aromatic heterocycles. The summed E-state index contributed by atoms with van der Waals surface area (Å²) in [5, 5.41) is 0. The van der Waals surface area contributed by atoms with E-state index < -0.39 is 0 Å². The Kier molecular flexibility index (Phi) is 4.82. The van der Waals surface area contributed by atoms with Crippen molar-refractivity contribution in [1.82, 2.24) is 9.88 Å². The zero-order chi connectivity index (χ0) is 19.1. The van der Waals surface area contributed by atoms with Gasteiger partial charge < -0.3 is 14.5 Å². The highest BCUT2D eigenvalue weighted by Crippen LogP contribution is 2.46. The lowest BCUT2D eigenvalue weighted by molar-refractivity contribution is -0.150. The first-order chi connectivity index (χ1) is 13.6. The lowest BCUT2D eigenvalue weighted by Gasteiger charge is -2.28. The summed E-state index contributed by atoms with van der Waals surface area (Å²) in [6, 6.07) is 2.16. The van der Waals surface area contributed by atoms with Crippen molar-refractivity contribution in [1.29, 1.82) is 0 Å². The fourth-order valence-corrected chi connectivity index (χ4v) is 6.25. The number of cyclic esters (lactones) is 1. The minimum absolute atomic E-state index is 0.110. The van der Waals surface area contributed by atoms with Gasteiger partial charge in [-0.25, -0.2) is 0 Å². The number of ether oxygens (including phenoxy) is 1. The van der Waals surface area contributed by atoms with Crippen molar-refractivity contribution in [2.24, 2.45) is 17.3 Å². The second-order valence-electron chi connectivity index (χ2n) is 9.71. The van der Waals surface area contributed by atoms with E-state index >= 15 is 0 Å². The second kappa shape index (κ2) is 7.33. The van der Waals surface area contributed by atoms with Crippen molar-refractivity contribution in [2.75, 3.05) is 37.6 Å². The maximum absolute atomic E-state index is 12.5. The van der Waals surface area contributed by atoms with Crippen molar-refractivity contribution in [3.05, 3.63) is 24.0 Å². The molecule has 4 fully saturated rings. The average Bonchev–Trinajstić information content (AvgIpc) is 3.33. The molecule has 5 rings (SSSR count). The molecular weight excluding hydrogens is 350 g/mol. The van der Waals surface area contributed by atoms with Gasteiger partial charge in [-0.15, -0.1) is 0 Å². The van der Waals surface area contributed by atoms with Crippen molar-refractivity contribution < 1.29 is 9.53 Å². The van der Waals surface area contributed by atoms with E-state index in [1.807, 2.05) is 12.4 Å². The van der Waals surface area contributed by atoms with Gasteiger partial charge in [-0.05, 0) is 49.7 Å². The van der Waals surface area contributed by atoms with Gasteiger partial charge in [0.2, 0.25) is 0 Å². The molecule has 1 spiro atoms. The van der Waals surface area contributed by atoms with E-state index in [9.17, 15) is 4.79 Å². The van der Waals surface area contributed by atoms with Gasteiger partial charge >= 0.3 is 5.97 Å². The number of hydrogen-bond acceptors (Lipinski definition) is 5. The van der Waals surface area contributed by atoms with Crippen LogP contribution in [0.1, 0.15) is 50.5 Å². The van der Waals surface area contributed by atoms with E-state index in [2.05, 4.69) is 27.8 Å². The largest absolute Gasteiger partial charge is 0.462 e. The molecule has 1 aromatic rings. The minimum atomic E-state index is -0.118. The molecule has 5 heteroatoms. The van der Waals surface area contributed by atoms with Crippen LogP contribution in [-0.4, -0.2) is 54.7 Å². The fourth-order valence-electron chi connectivity index (χ4n) is 6.25. The predicted octanol–water partition coefficient (Wildman–Crippen LogP) is 3.41. The third-order valence-electron chi connectivity index (χ3n) is 7.80. The van der Waals surface area contributed by atoms with Gasteiger partial charge in [0.1, 0.15) is 6.10 Å². The van der Waals surface area contributed by atoms with Gasteiger partial charge in [0.25, 0.3) is 0 Å². The van der Waals surface area contributed by atoms with Crippen LogP contribution >= 0.6 is 0 Å². The molecule has 1 aliphatic carbocycles. The van der Waals surface area contributed by atoms with E-state index in [0.29, 0.717) is 0 Å². The van der Waals surface area contributed by atoms with Crippen LogP contribution in [0.15, 0.2) is 18.5 Å². The molecule has 2 unspecified atom stereocenters. The fraction of sp³-hybridized carbons (Fsp3) is 0.739. The lowest BCUT2D eigenvalue weighted by atomic mass is 9.72. The number of carbonyl (C=O) groups is 1. The summed E-state index contributed by atoms with van der Waals surface area (Å²) in [5.74, 6) is 1.64. The molecule has 3 aliphatic heterocycles. The van der Waals surface area contributed by atoms with Crippen molar-refractivity contribution in [3.8, 4) is 0 Å². The van der Waals surface area contributed by atoms with Crippen LogP contribution in [0.2, 0.25) is 0 Å². The summed E-state index contributed by atoms with van der Waals surface area (Å²) in [5.41, 5.74) is 2.51. The Bertz CT molecular complexity index is 716. The molecule has 0 amide bonds. The molecule has 0 bridgehead atoms. The number of aromatic nitrogens is 1. The SMILES string of the molecule is Cc1cnccc1N1CC2CN(CC[C@@H]3CC4(CCCCC4)C(=O)O3)CC2C1. The molecule has 0 radical (unpaired) electrons. The summed E-state index contributed by atoms with van der Waals surface area (Å²) in [7, 11) is 0. The van der Waals surface area contributed by atoms with Gasteiger partial charge in [0.05, 0.1) is 5.41 Å². The van der Waals surface area contributed by atoms with Crippen LogP contribution in [0.5, 0.6) is 0 Å². The van der Waals surface area contributed by atoms with Crippen LogP contribution < -0.4 is 4.90 Å². The van der Waals surface area contributed by atoms with Crippen LogP contribution in [0.3, 0.4) is 0 Å². The molecule has 4 aliphatic rings. The number of rotatable bonds is 4. The first kappa shape index (κ1) is 18.4. The predicted molar refractivity (Wildman–Crippen MR) is 109 cm³/mol. The molecule has 1 saturated carbocycles. The normalized spacial score (nSPS) is 32.1. The Morgan fingerprint density at radius 1 is 1.14 bits per heavy atom. The van der Waals surface area contributed by atoms with E-state index in [1.165, 1.54) is 43.6 Å². The molecule has 0 N–H and O–H groups in total. The smallest absolute Gasteiger partial charge is 0.312 e. The maximum atomic E-state index is 12.5. The van der Waals surface area contributed by atoms with Crippen LogP contribution in [0.25, 0.3) is 0 Å². The van der Waals surface area contributed by atoms with Crippen molar-refractivity contribution in [3.63, 3.8) is 0 Å². The second-order valence-corrected chi connectivity index (χ2v) is 9.71. The molecule has 28 heavy (non-hydrogen) atoms. The third-order valence-corrected chi connectivity index (χ3v) is 7.80. The highest BCUT2D eigenvalue weighted by molar-refractivity contribution is 5.79. The number of likely N-dealkylation sites (tertiary alicyclic amines) is 1. The molecule has 3 atom stereocenters. The highest BCUT2D eigenvalue weighted by Gasteiger charge is 2.49. The van der Waals surface area contributed by atoms with E-state index in [-0.39, 0.29) is 17.5 Å².